The zero-order valence-corrected chi connectivity index (χ0v) is 23.0. The fourth-order valence-electron chi connectivity index (χ4n) is 3.42. The van der Waals surface area contributed by atoms with Gasteiger partial charge in [0.2, 0.25) is 0 Å². The Morgan fingerprint density at radius 2 is 1.87 bits per heavy atom. The lowest BCUT2D eigenvalue weighted by atomic mass is 10.1. The molecule has 0 radical (unpaired) electrons. The van der Waals surface area contributed by atoms with Crippen molar-refractivity contribution in [2.24, 2.45) is 4.99 Å². The van der Waals surface area contributed by atoms with Crippen molar-refractivity contribution in [1.82, 2.24) is 25.8 Å². The van der Waals surface area contributed by atoms with E-state index in [-0.39, 0.29) is 36.1 Å². The van der Waals surface area contributed by atoms with Crippen LogP contribution in [0.25, 0.3) is 0 Å². The van der Waals surface area contributed by atoms with E-state index in [4.69, 9.17) is 4.74 Å². The second-order valence-electron chi connectivity index (χ2n) is 9.22. The van der Waals surface area contributed by atoms with E-state index in [2.05, 4.69) is 44.7 Å². The minimum absolute atomic E-state index is 0. The number of unbranched alkanes of at least 4 members (excludes halogenated alkanes) is 1. The number of likely N-dealkylation sites (N-methyl/N-ethyl adjacent to an activating group) is 1. The molecule has 0 aliphatic carbocycles. The zero-order valence-electron chi connectivity index (χ0n) is 20.6. The lowest BCUT2D eigenvalue weighted by Gasteiger charge is -2.24. The molecule has 1 fully saturated rings. The summed E-state index contributed by atoms with van der Waals surface area (Å²) in [6.45, 7) is 15.0. The summed E-state index contributed by atoms with van der Waals surface area (Å²) in [5, 5.41) is 9.76. The average molecular weight is 555 g/mol. The number of nitrogens with zero attached hydrogens (tertiary/aromatic N) is 3. The molecular weight excluding hydrogens is 507 g/mol. The third-order valence-corrected chi connectivity index (χ3v) is 5.12. The lowest BCUT2D eigenvalue weighted by Crippen LogP contribution is -2.49. The predicted molar refractivity (Wildman–Crippen MR) is 141 cm³/mol. The number of aliphatic imine (C=N–C) groups is 1. The molecule has 1 amide bonds. The van der Waals surface area contributed by atoms with E-state index < -0.39 is 5.60 Å². The SMILES string of the molecule is CCCCC(CNC(=O)OC(C)(C)C)NC(=NC)NCCCN1CCCN(C)CC1.I. The number of nitrogens with one attached hydrogen (secondary N) is 3. The highest BCUT2D eigenvalue weighted by molar-refractivity contribution is 14.0. The van der Waals surface area contributed by atoms with Crippen LogP contribution in [-0.2, 0) is 4.74 Å². The number of rotatable bonds is 10. The molecule has 1 rings (SSSR count). The second-order valence-corrected chi connectivity index (χ2v) is 9.22. The highest BCUT2D eigenvalue weighted by Gasteiger charge is 2.18. The summed E-state index contributed by atoms with van der Waals surface area (Å²) < 4.78 is 5.35. The molecule has 0 aromatic rings. The Morgan fingerprint density at radius 3 is 2.52 bits per heavy atom. The van der Waals surface area contributed by atoms with Crippen molar-refractivity contribution in [3.8, 4) is 0 Å². The number of alkyl carbamates (subject to hydrolysis) is 1. The molecule has 0 saturated carbocycles. The zero-order chi connectivity index (χ0) is 22.4. The first kappa shape index (κ1) is 30.2. The Kier molecular flexibility index (Phi) is 16.3. The lowest BCUT2D eigenvalue weighted by molar-refractivity contribution is 0.0523. The van der Waals surface area contributed by atoms with Gasteiger partial charge in [-0.2, -0.15) is 0 Å². The number of halogens is 1. The normalized spacial score (nSPS) is 17.3. The van der Waals surface area contributed by atoms with Gasteiger partial charge in [-0.1, -0.05) is 19.8 Å². The fraction of sp³-hybridized carbons (Fsp3) is 0.909. The maximum Gasteiger partial charge on any atom is 0.407 e. The van der Waals surface area contributed by atoms with E-state index in [1.807, 2.05) is 20.8 Å². The van der Waals surface area contributed by atoms with Crippen LogP contribution in [0.3, 0.4) is 0 Å². The number of carbonyl (C=O) groups is 1. The molecule has 3 N–H and O–H groups in total. The first-order chi connectivity index (χ1) is 14.2. The molecule has 0 aromatic heterocycles. The summed E-state index contributed by atoms with van der Waals surface area (Å²) in [7, 11) is 3.99. The Labute approximate surface area is 207 Å². The smallest absolute Gasteiger partial charge is 0.407 e. The summed E-state index contributed by atoms with van der Waals surface area (Å²) in [6, 6.07) is 0.116. The van der Waals surface area contributed by atoms with Crippen molar-refractivity contribution >= 4 is 36.0 Å². The largest absolute Gasteiger partial charge is 0.444 e. The van der Waals surface area contributed by atoms with Crippen LogP contribution in [0.2, 0.25) is 0 Å². The van der Waals surface area contributed by atoms with E-state index in [9.17, 15) is 4.79 Å². The quantitative estimate of drug-likeness (QED) is 0.167. The molecule has 9 heteroatoms. The fourth-order valence-corrected chi connectivity index (χ4v) is 3.42. The molecule has 1 aliphatic rings. The van der Waals surface area contributed by atoms with Gasteiger partial charge in [0.1, 0.15) is 5.60 Å². The van der Waals surface area contributed by atoms with Crippen LogP contribution in [-0.4, -0.2) is 93.4 Å². The summed E-state index contributed by atoms with van der Waals surface area (Å²) in [5.41, 5.74) is -0.489. The van der Waals surface area contributed by atoms with E-state index >= 15 is 0 Å². The van der Waals surface area contributed by atoms with E-state index in [1.54, 1.807) is 7.05 Å². The molecule has 31 heavy (non-hydrogen) atoms. The van der Waals surface area contributed by atoms with Gasteiger partial charge >= 0.3 is 6.09 Å². The molecule has 1 unspecified atom stereocenters. The van der Waals surface area contributed by atoms with Crippen LogP contribution in [0.15, 0.2) is 4.99 Å². The third-order valence-electron chi connectivity index (χ3n) is 5.12. The Hall–Kier alpha value is -0.810. The molecule has 184 valence electrons. The van der Waals surface area contributed by atoms with Gasteiger partial charge in [-0.25, -0.2) is 4.79 Å². The van der Waals surface area contributed by atoms with Crippen LogP contribution >= 0.6 is 24.0 Å². The first-order valence-corrected chi connectivity index (χ1v) is 11.6. The molecule has 1 heterocycles. The van der Waals surface area contributed by atoms with E-state index in [1.165, 1.54) is 19.5 Å². The highest BCUT2D eigenvalue weighted by Crippen LogP contribution is 2.07. The van der Waals surface area contributed by atoms with Crippen molar-refractivity contribution in [1.29, 1.82) is 0 Å². The molecular formula is C22H47IN6O2. The molecule has 0 spiro atoms. The van der Waals surface area contributed by atoms with Crippen LogP contribution in [0.5, 0.6) is 0 Å². The van der Waals surface area contributed by atoms with Crippen LogP contribution in [0.1, 0.15) is 59.8 Å². The minimum atomic E-state index is -0.489. The molecule has 1 atom stereocenters. The topological polar surface area (TPSA) is 81.2 Å². The van der Waals surface area contributed by atoms with Crippen LogP contribution in [0.4, 0.5) is 4.79 Å². The van der Waals surface area contributed by atoms with Crippen molar-refractivity contribution in [3.63, 3.8) is 0 Å². The Morgan fingerprint density at radius 1 is 1.13 bits per heavy atom. The number of guanidine groups is 1. The Balaban J connectivity index is 0.00000900. The molecule has 0 bridgehead atoms. The summed E-state index contributed by atoms with van der Waals surface area (Å²) in [6.07, 6.45) is 5.12. The van der Waals surface area contributed by atoms with Gasteiger partial charge in [-0.05, 0) is 66.7 Å². The Bertz CT molecular complexity index is 513. The standard InChI is InChI=1S/C22H46N6O2.HI/c1-7-8-11-19(18-25-21(29)30-22(2,3)4)26-20(23-5)24-12-9-14-28-15-10-13-27(6)16-17-28;/h19H,7-18H2,1-6H3,(H,25,29)(H2,23,24,26);1H. The van der Waals surface area contributed by atoms with Crippen molar-refractivity contribution in [3.05, 3.63) is 0 Å². The van der Waals surface area contributed by atoms with Crippen LogP contribution in [0, 0.1) is 0 Å². The molecule has 0 aromatic carbocycles. The second kappa shape index (κ2) is 16.8. The van der Waals surface area contributed by atoms with Crippen LogP contribution < -0.4 is 16.0 Å². The minimum Gasteiger partial charge on any atom is -0.444 e. The third kappa shape index (κ3) is 15.6. The number of amides is 1. The predicted octanol–water partition coefficient (Wildman–Crippen LogP) is 2.88. The summed E-state index contributed by atoms with van der Waals surface area (Å²) >= 11 is 0. The van der Waals surface area contributed by atoms with E-state index in [0.717, 1.165) is 57.8 Å². The highest BCUT2D eigenvalue weighted by atomic mass is 127. The van der Waals surface area contributed by atoms with Gasteiger partial charge in [0.25, 0.3) is 0 Å². The van der Waals surface area contributed by atoms with Gasteiger partial charge in [0.15, 0.2) is 5.96 Å². The van der Waals surface area contributed by atoms with Crippen molar-refractivity contribution in [2.75, 3.05) is 59.9 Å². The number of ether oxygens (including phenoxy) is 1. The van der Waals surface area contributed by atoms with Crippen molar-refractivity contribution < 1.29 is 9.53 Å². The van der Waals surface area contributed by atoms with Gasteiger partial charge < -0.3 is 30.5 Å². The van der Waals surface area contributed by atoms with Gasteiger partial charge in [0.05, 0.1) is 0 Å². The van der Waals surface area contributed by atoms with Gasteiger partial charge in [0, 0.05) is 39.3 Å². The average Bonchev–Trinajstić information content (AvgIpc) is 2.88. The number of hydrogen-bond acceptors (Lipinski definition) is 5. The van der Waals surface area contributed by atoms with E-state index in [0.29, 0.717) is 6.54 Å². The maximum atomic E-state index is 12.0. The summed E-state index contributed by atoms with van der Waals surface area (Å²) in [4.78, 5) is 21.3. The summed E-state index contributed by atoms with van der Waals surface area (Å²) in [5.74, 6) is 0.790. The van der Waals surface area contributed by atoms with Gasteiger partial charge in [-0.3, -0.25) is 4.99 Å². The molecule has 8 nitrogen and oxygen atoms in total. The van der Waals surface area contributed by atoms with Crippen molar-refractivity contribution in [2.45, 2.75) is 71.4 Å². The monoisotopic (exact) mass is 554 g/mol. The molecule has 1 aliphatic heterocycles. The first-order valence-electron chi connectivity index (χ1n) is 11.6. The molecule has 1 saturated heterocycles. The van der Waals surface area contributed by atoms with Gasteiger partial charge in [-0.15, -0.1) is 24.0 Å². The maximum absolute atomic E-state index is 12.0. The number of carbonyl (C=O) groups excluding carboxylic acids is 1. The number of hydrogen-bond donors (Lipinski definition) is 3.